The second kappa shape index (κ2) is 3.50. The van der Waals surface area contributed by atoms with E-state index < -0.39 is 6.10 Å². The topological polar surface area (TPSA) is 48.9 Å². The van der Waals surface area contributed by atoms with Crippen LogP contribution in [0.25, 0.3) is 0 Å². The van der Waals surface area contributed by atoms with Crippen LogP contribution in [0.5, 0.6) is 0 Å². The SMILES string of the molecule is OC(CBr)c1[nH]ncc1Br. The molecule has 1 unspecified atom stereocenters. The average molecular weight is 270 g/mol. The lowest BCUT2D eigenvalue weighted by molar-refractivity contribution is 0.199. The number of rotatable bonds is 2. The largest absolute Gasteiger partial charge is 0.386 e. The molecule has 0 radical (unpaired) electrons. The standard InChI is InChI=1S/C5H6Br2N2O/c6-1-4(10)5-3(7)2-8-9-5/h2,4,10H,1H2,(H,8,9). The van der Waals surface area contributed by atoms with Crippen LogP contribution >= 0.6 is 31.9 Å². The number of aromatic nitrogens is 2. The molecule has 0 amide bonds. The molecule has 1 heterocycles. The molecule has 0 aromatic carbocycles. The fourth-order valence-electron chi connectivity index (χ4n) is 0.592. The third-order valence-corrected chi connectivity index (χ3v) is 2.34. The van der Waals surface area contributed by atoms with Crippen LogP contribution in [0.4, 0.5) is 0 Å². The number of nitrogens with zero attached hydrogens (tertiary/aromatic N) is 1. The van der Waals surface area contributed by atoms with E-state index >= 15 is 0 Å². The van der Waals surface area contributed by atoms with E-state index in [1.807, 2.05) is 0 Å². The molecule has 0 aliphatic heterocycles. The number of aliphatic hydroxyl groups is 1. The number of alkyl halides is 1. The van der Waals surface area contributed by atoms with Crippen molar-refractivity contribution in [1.82, 2.24) is 10.2 Å². The van der Waals surface area contributed by atoms with Crippen molar-refractivity contribution in [3.8, 4) is 0 Å². The van der Waals surface area contributed by atoms with E-state index in [-0.39, 0.29) is 0 Å². The molecular formula is C5H6Br2N2O. The van der Waals surface area contributed by atoms with Gasteiger partial charge in [-0.25, -0.2) is 0 Å². The molecule has 1 rings (SSSR count). The number of hydrogen-bond donors (Lipinski definition) is 2. The molecule has 3 nitrogen and oxygen atoms in total. The highest BCUT2D eigenvalue weighted by Crippen LogP contribution is 2.21. The zero-order valence-electron chi connectivity index (χ0n) is 5.01. The Morgan fingerprint density at radius 3 is 2.90 bits per heavy atom. The van der Waals surface area contributed by atoms with Gasteiger partial charge in [-0.05, 0) is 15.9 Å². The summed E-state index contributed by atoms with van der Waals surface area (Å²) in [6.07, 6.45) is 1.10. The van der Waals surface area contributed by atoms with Crippen molar-refractivity contribution in [2.45, 2.75) is 6.10 Å². The fourth-order valence-corrected chi connectivity index (χ4v) is 1.37. The normalized spacial score (nSPS) is 13.5. The molecule has 2 N–H and O–H groups in total. The van der Waals surface area contributed by atoms with Crippen molar-refractivity contribution in [2.75, 3.05) is 5.33 Å². The third-order valence-electron chi connectivity index (χ3n) is 1.10. The number of H-pyrrole nitrogens is 1. The minimum atomic E-state index is -0.517. The van der Waals surface area contributed by atoms with Gasteiger partial charge in [0.05, 0.1) is 16.4 Å². The summed E-state index contributed by atoms with van der Waals surface area (Å²) >= 11 is 6.38. The van der Waals surface area contributed by atoms with Crippen molar-refractivity contribution >= 4 is 31.9 Å². The molecule has 1 aromatic rings. The Hall–Kier alpha value is 0.130. The van der Waals surface area contributed by atoms with E-state index in [9.17, 15) is 5.11 Å². The van der Waals surface area contributed by atoms with E-state index in [0.717, 1.165) is 4.47 Å². The highest BCUT2D eigenvalue weighted by atomic mass is 79.9. The summed E-state index contributed by atoms with van der Waals surface area (Å²) < 4.78 is 0.805. The number of aliphatic hydroxyl groups excluding tert-OH is 1. The van der Waals surface area contributed by atoms with Crippen LogP contribution in [0.2, 0.25) is 0 Å². The van der Waals surface area contributed by atoms with Crippen molar-refractivity contribution in [2.24, 2.45) is 0 Å². The monoisotopic (exact) mass is 268 g/mol. The van der Waals surface area contributed by atoms with Crippen LogP contribution in [0.15, 0.2) is 10.7 Å². The minimum Gasteiger partial charge on any atom is -0.386 e. The van der Waals surface area contributed by atoms with E-state index in [2.05, 4.69) is 42.1 Å². The van der Waals surface area contributed by atoms with Gasteiger partial charge in [0.25, 0.3) is 0 Å². The molecule has 1 aromatic heterocycles. The summed E-state index contributed by atoms with van der Waals surface area (Å²) in [4.78, 5) is 0. The quantitative estimate of drug-likeness (QED) is 0.802. The zero-order chi connectivity index (χ0) is 7.56. The second-order valence-electron chi connectivity index (χ2n) is 1.80. The van der Waals surface area contributed by atoms with Crippen LogP contribution in [0.1, 0.15) is 11.8 Å². The van der Waals surface area contributed by atoms with Crippen molar-refractivity contribution in [3.05, 3.63) is 16.4 Å². The van der Waals surface area contributed by atoms with E-state index in [0.29, 0.717) is 11.0 Å². The first-order valence-corrected chi connectivity index (χ1v) is 4.60. The highest BCUT2D eigenvalue weighted by molar-refractivity contribution is 9.10. The van der Waals surface area contributed by atoms with Crippen LogP contribution in [-0.4, -0.2) is 20.6 Å². The Labute approximate surface area is 75.1 Å². The van der Waals surface area contributed by atoms with Gasteiger partial charge in [0, 0.05) is 5.33 Å². The molecule has 0 fully saturated rings. The number of aromatic amines is 1. The summed E-state index contributed by atoms with van der Waals surface area (Å²) in [5.41, 5.74) is 0.705. The van der Waals surface area contributed by atoms with Crippen molar-refractivity contribution < 1.29 is 5.11 Å². The van der Waals surface area contributed by atoms with Gasteiger partial charge in [-0.15, -0.1) is 0 Å². The molecule has 1 atom stereocenters. The zero-order valence-corrected chi connectivity index (χ0v) is 8.18. The van der Waals surface area contributed by atoms with Gasteiger partial charge in [0.1, 0.15) is 6.10 Å². The Bertz CT molecular complexity index is 213. The third kappa shape index (κ3) is 1.59. The number of hydrogen-bond acceptors (Lipinski definition) is 2. The van der Waals surface area contributed by atoms with Crippen LogP contribution in [-0.2, 0) is 0 Å². The lowest BCUT2D eigenvalue weighted by Gasteiger charge is -2.02. The first kappa shape index (κ1) is 8.23. The van der Waals surface area contributed by atoms with Gasteiger partial charge in [-0.3, -0.25) is 5.10 Å². The molecule has 56 valence electrons. The first-order chi connectivity index (χ1) is 4.75. The lowest BCUT2D eigenvalue weighted by atomic mass is 10.3. The Morgan fingerprint density at radius 1 is 1.80 bits per heavy atom. The molecule has 0 aliphatic rings. The van der Waals surface area contributed by atoms with Crippen molar-refractivity contribution in [1.29, 1.82) is 0 Å². The van der Waals surface area contributed by atoms with E-state index in [1.54, 1.807) is 6.20 Å². The summed E-state index contributed by atoms with van der Waals surface area (Å²) in [6.45, 7) is 0. The van der Waals surface area contributed by atoms with Gasteiger partial charge in [-0.2, -0.15) is 5.10 Å². The molecule has 0 aliphatic carbocycles. The molecule has 0 saturated carbocycles. The second-order valence-corrected chi connectivity index (χ2v) is 3.30. The lowest BCUT2D eigenvalue weighted by Crippen LogP contribution is -1.99. The van der Waals surface area contributed by atoms with Gasteiger partial charge in [0.2, 0.25) is 0 Å². The highest BCUT2D eigenvalue weighted by Gasteiger charge is 2.10. The summed E-state index contributed by atoms with van der Waals surface area (Å²) in [7, 11) is 0. The van der Waals surface area contributed by atoms with Gasteiger partial charge in [-0.1, -0.05) is 15.9 Å². The summed E-state index contributed by atoms with van der Waals surface area (Å²) in [6, 6.07) is 0. The fraction of sp³-hybridized carbons (Fsp3) is 0.400. The molecular weight excluding hydrogens is 264 g/mol. The molecule has 0 bridgehead atoms. The summed E-state index contributed by atoms with van der Waals surface area (Å²) in [5.74, 6) is 0. The van der Waals surface area contributed by atoms with Crippen LogP contribution in [0.3, 0.4) is 0 Å². The van der Waals surface area contributed by atoms with Crippen LogP contribution in [0, 0.1) is 0 Å². The summed E-state index contributed by atoms with van der Waals surface area (Å²) in [5, 5.41) is 16.2. The number of nitrogens with one attached hydrogen (secondary N) is 1. The van der Waals surface area contributed by atoms with Gasteiger partial charge in [0.15, 0.2) is 0 Å². The maximum Gasteiger partial charge on any atom is 0.106 e. The Balaban J connectivity index is 2.82. The molecule has 5 heteroatoms. The predicted molar refractivity (Wildman–Crippen MR) is 45.0 cm³/mol. The predicted octanol–water partition coefficient (Wildman–Crippen LogP) is 1.60. The van der Waals surface area contributed by atoms with Gasteiger partial charge >= 0.3 is 0 Å². The Morgan fingerprint density at radius 2 is 2.50 bits per heavy atom. The van der Waals surface area contributed by atoms with Crippen LogP contribution < -0.4 is 0 Å². The number of halogens is 2. The van der Waals surface area contributed by atoms with E-state index in [1.165, 1.54) is 0 Å². The van der Waals surface area contributed by atoms with Gasteiger partial charge < -0.3 is 5.11 Å². The maximum absolute atomic E-state index is 9.25. The smallest absolute Gasteiger partial charge is 0.106 e. The van der Waals surface area contributed by atoms with E-state index in [4.69, 9.17) is 0 Å². The van der Waals surface area contributed by atoms with Crippen molar-refractivity contribution in [3.63, 3.8) is 0 Å². The first-order valence-electron chi connectivity index (χ1n) is 2.68. The molecule has 0 spiro atoms. The minimum absolute atomic E-state index is 0.508. The average Bonchev–Trinajstić information content (AvgIpc) is 2.34. The molecule has 0 saturated heterocycles. The molecule has 10 heavy (non-hydrogen) atoms. The Kier molecular flexibility index (Phi) is 2.88. The maximum atomic E-state index is 9.25.